The van der Waals surface area contributed by atoms with Crippen molar-refractivity contribution in [1.82, 2.24) is 5.32 Å². The first-order chi connectivity index (χ1) is 5.66. The summed E-state index contributed by atoms with van der Waals surface area (Å²) in [5.41, 5.74) is 0. The van der Waals surface area contributed by atoms with E-state index in [4.69, 9.17) is 0 Å². The fourth-order valence-corrected chi connectivity index (χ4v) is 0.554. The van der Waals surface area contributed by atoms with Gasteiger partial charge in [0.1, 0.15) is 0 Å². The molecule has 0 heterocycles. The summed E-state index contributed by atoms with van der Waals surface area (Å²) in [6.45, 7) is 6.51. The van der Waals surface area contributed by atoms with Crippen LogP contribution in [-0.2, 0) is 4.74 Å². The van der Waals surface area contributed by atoms with E-state index in [1.807, 2.05) is 13.8 Å². The molecule has 1 N–H and O–H groups in total. The van der Waals surface area contributed by atoms with Crippen LogP contribution in [0.4, 0.5) is 4.79 Å². The third kappa shape index (κ3) is 6.94. The van der Waals surface area contributed by atoms with E-state index in [1.54, 1.807) is 6.92 Å². The van der Waals surface area contributed by atoms with Crippen LogP contribution in [0.2, 0.25) is 0 Å². The van der Waals surface area contributed by atoms with E-state index in [1.165, 1.54) is 0 Å². The lowest BCUT2D eigenvalue weighted by Crippen LogP contribution is -2.24. The van der Waals surface area contributed by atoms with Crippen LogP contribution in [0.5, 0.6) is 0 Å². The summed E-state index contributed by atoms with van der Waals surface area (Å²) in [6, 6.07) is 0. The lowest BCUT2D eigenvalue weighted by molar-refractivity contribution is 0.153. The molecule has 0 fully saturated rings. The molecule has 0 aliphatic rings. The highest BCUT2D eigenvalue weighted by Crippen LogP contribution is 1.84. The van der Waals surface area contributed by atoms with E-state index in [0.29, 0.717) is 19.1 Å². The normalized spacial score (nSPS) is 8.67. The van der Waals surface area contributed by atoms with E-state index in [-0.39, 0.29) is 0 Å². The van der Waals surface area contributed by atoms with Crippen LogP contribution in [-0.4, -0.2) is 19.2 Å². The number of ether oxygens (including phenoxy) is 1. The molecule has 0 aliphatic heterocycles. The Balaban J connectivity index is 3.45. The number of nitrogens with one attached hydrogen (secondary N) is 1. The Hall–Kier alpha value is -1.17. The zero-order valence-corrected chi connectivity index (χ0v) is 7.81. The van der Waals surface area contributed by atoms with Crippen LogP contribution in [0, 0.1) is 17.8 Å². The molecule has 0 saturated carbocycles. The molecule has 1 amide bonds. The number of carbonyl (C=O) groups is 1. The topological polar surface area (TPSA) is 38.3 Å². The van der Waals surface area contributed by atoms with Crippen molar-refractivity contribution in [1.29, 1.82) is 0 Å². The molecule has 0 unspecified atom stereocenters. The number of alkyl carbamates (subject to hydrolysis) is 1. The van der Waals surface area contributed by atoms with Gasteiger partial charge in [-0.3, -0.25) is 0 Å². The third-order valence-corrected chi connectivity index (χ3v) is 0.987. The molecule has 0 aromatic rings. The highest BCUT2D eigenvalue weighted by atomic mass is 16.5. The average molecular weight is 169 g/mol. The second-order valence-electron chi connectivity index (χ2n) is 2.55. The van der Waals surface area contributed by atoms with Gasteiger partial charge in [-0.1, -0.05) is 25.7 Å². The first kappa shape index (κ1) is 10.8. The molecule has 0 bridgehead atoms. The van der Waals surface area contributed by atoms with Gasteiger partial charge in [0.15, 0.2) is 0 Å². The first-order valence-electron chi connectivity index (χ1n) is 4.05. The zero-order valence-electron chi connectivity index (χ0n) is 7.81. The van der Waals surface area contributed by atoms with Gasteiger partial charge in [-0.25, -0.2) is 4.79 Å². The van der Waals surface area contributed by atoms with Gasteiger partial charge in [0.2, 0.25) is 0 Å². The second-order valence-corrected chi connectivity index (χ2v) is 2.55. The number of carbonyl (C=O) groups excluding carboxylic acids is 1. The Morgan fingerprint density at radius 1 is 1.58 bits per heavy atom. The van der Waals surface area contributed by atoms with Crippen LogP contribution in [0.15, 0.2) is 0 Å². The standard InChI is InChI=1S/C9H15NO2/c1-4-12-9(11)10-7-5-6-8(2)3/h8H,4,7H2,1-3H3,(H,10,11). The maximum Gasteiger partial charge on any atom is 0.407 e. The molecule has 0 atom stereocenters. The fourth-order valence-electron chi connectivity index (χ4n) is 0.554. The summed E-state index contributed by atoms with van der Waals surface area (Å²) in [5.74, 6) is 6.08. The third-order valence-electron chi connectivity index (χ3n) is 0.987. The predicted molar refractivity (Wildman–Crippen MR) is 47.6 cm³/mol. The van der Waals surface area contributed by atoms with Gasteiger partial charge >= 0.3 is 6.09 Å². The van der Waals surface area contributed by atoms with Gasteiger partial charge in [-0.2, -0.15) is 0 Å². The highest BCUT2D eigenvalue weighted by molar-refractivity contribution is 5.67. The van der Waals surface area contributed by atoms with Gasteiger partial charge in [0.25, 0.3) is 0 Å². The van der Waals surface area contributed by atoms with Crippen molar-refractivity contribution in [3.63, 3.8) is 0 Å². The molecule has 0 aliphatic carbocycles. The molecule has 0 saturated heterocycles. The minimum Gasteiger partial charge on any atom is -0.450 e. The van der Waals surface area contributed by atoms with Crippen LogP contribution in [0.25, 0.3) is 0 Å². The molecule has 0 rings (SSSR count). The fraction of sp³-hybridized carbons (Fsp3) is 0.667. The van der Waals surface area contributed by atoms with E-state index in [9.17, 15) is 4.79 Å². The maximum atomic E-state index is 10.7. The highest BCUT2D eigenvalue weighted by Gasteiger charge is 1.94. The monoisotopic (exact) mass is 169 g/mol. The summed E-state index contributed by atoms with van der Waals surface area (Å²) < 4.78 is 4.63. The largest absolute Gasteiger partial charge is 0.450 e. The smallest absolute Gasteiger partial charge is 0.407 e. The zero-order chi connectivity index (χ0) is 9.40. The Labute approximate surface area is 73.5 Å². The van der Waals surface area contributed by atoms with Crippen LogP contribution in [0.1, 0.15) is 20.8 Å². The molecule has 68 valence electrons. The average Bonchev–Trinajstić information content (AvgIpc) is 1.98. The van der Waals surface area contributed by atoms with Crippen molar-refractivity contribution >= 4 is 6.09 Å². The lowest BCUT2D eigenvalue weighted by atomic mass is 10.2. The summed E-state index contributed by atoms with van der Waals surface area (Å²) in [4.78, 5) is 10.7. The quantitative estimate of drug-likeness (QED) is 0.634. The minimum absolute atomic E-state index is 0.342. The number of hydrogen-bond donors (Lipinski definition) is 1. The molecular weight excluding hydrogens is 154 g/mol. The van der Waals surface area contributed by atoms with E-state index in [0.717, 1.165) is 0 Å². The van der Waals surface area contributed by atoms with Crippen molar-refractivity contribution in [3.8, 4) is 11.8 Å². The van der Waals surface area contributed by atoms with E-state index >= 15 is 0 Å². The lowest BCUT2D eigenvalue weighted by Gasteiger charge is -1.99. The van der Waals surface area contributed by atoms with Crippen molar-refractivity contribution in [2.24, 2.45) is 5.92 Å². The Morgan fingerprint density at radius 2 is 2.25 bits per heavy atom. The minimum atomic E-state index is -0.407. The summed E-state index contributed by atoms with van der Waals surface area (Å²) in [5, 5.41) is 2.50. The Kier molecular flexibility index (Phi) is 5.90. The van der Waals surface area contributed by atoms with Crippen LogP contribution in [0.3, 0.4) is 0 Å². The first-order valence-corrected chi connectivity index (χ1v) is 4.05. The summed E-state index contributed by atoms with van der Waals surface area (Å²) in [6.07, 6.45) is -0.407. The molecule has 0 radical (unpaired) electrons. The molecule has 0 aromatic carbocycles. The molecule has 12 heavy (non-hydrogen) atoms. The van der Waals surface area contributed by atoms with Gasteiger partial charge < -0.3 is 10.1 Å². The van der Waals surface area contributed by atoms with E-state index < -0.39 is 6.09 Å². The molecule has 0 spiro atoms. The van der Waals surface area contributed by atoms with Gasteiger partial charge in [0.05, 0.1) is 13.2 Å². The number of amides is 1. The molecule has 3 heteroatoms. The summed E-state index contributed by atoms with van der Waals surface area (Å²) in [7, 11) is 0. The number of rotatable bonds is 2. The van der Waals surface area contributed by atoms with Crippen LogP contribution < -0.4 is 5.32 Å². The Morgan fingerprint density at radius 3 is 2.75 bits per heavy atom. The van der Waals surface area contributed by atoms with Gasteiger partial charge in [-0.15, -0.1) is 0 Å². The Bertz CT molecular complexity index is 188. The number of hydrogen-bond acceptors (Lipinski definition) is 2. The van der Waals surface area contributed by atoms with Crippen molar-refractivity contribution < 1.29 is 9.53 Å². The van der Waals surface area contributed by atoms with Crippen molar-refractivity contribution in [2.75, 3.05) is 13.2 Å². The van der Waals surface area contributed by atoms with Crippen LogP contribution >= 0.6 is 0 Å². The molecule has 3 nitrogen and oxygen atoms in total. The van der Waals surface area contributed by atoms with Crippen molar-refractivity contribution in [2.45, 2.75) is 20.8 Å². The molecule has 0 aromatic heterocycles. The summed E-state index contributed by atoms with van der Waals surface area (Å²) >= 11 is 0. The van der Waals surface area contributed by atoms with Gasteiger partial charge in [0, 0.05) is 5.92 Å². The van der Waals surface area contributed by atoms with E-state index in [2.05, 4.69) is 21.9 Å². The van der Waals surface area contributed by atoms with Crippen molar-refractivity contribution in [3.05, 3.63) is 0 Å². The second kappa shape index (κ2) is 6.53. The van der Waals surface area contributed by atoms with Gasteiger partial charge in [-0.05, 0) is 6.92 Å². The predicted octanol–water partition coefficient (Wildman–Crippen LogP) is 1.39. The maximum absolute atomic E-state index is 10.7. The SMILES string of the molecule is CCOC(=O)NCC#CC(C)C. The molecular formula is C9H15NO2.